The Kier molecular flexibility index (Phi) is 4.39. The van der Waals surface area contributed by atoms with Crippen LogP contribution in [0.5, 0.6) is 0 Å². The molecule has 0 bridgehead atoms. The summed E-state index contributed by atoms with van der Waals surface area (Å²) in [6, 6.07) is 12.8. The largest absolute Gasteiger partial charge is 0.351 e. The van der Waals surface area contributed by atoms with E-state index in [4.69, 9.17) is 4.99 Å². The van der Waals surface area contributed by atoms with Crippen molar-refractivity contribution in [2.45, 2.75) is 51.2 Å². The smallest absolute Gasteiger partial charge is 0.202 e. The number of nitrogens with zero attached hydrogens (tertiary/aromatic N) is 3. The molecule has 1 fully saturated rings. The van der Waals surface area contributed by atoms with Gasteiger partial charge in [0.05, 0.1) is 5.69 Å². The number of aromatic nitrogens is 2. The quantitative estimate of drug-likeness (QED) is 0.758. The molecule has 28 heavy (non-hydrogen) atoms. The fraction of sp³-hybridized carbons (Fsp3) is 0.364. The predicted molar refractivity (Wildman–Crippen MR) is 112 cm³/mol. The van der Waals surface area contributed by atoms with Crippen LogP contribution in [-0.2, 0) is 0 Å². The second-order valence-corrected chi connectivity index (χ2v) is 7.79. The van der Waals surface area contributed by atoms with Crippen LogP contribution in [0.3, 0.4) is 0 Å². The Labute approximate surface area is 165 Å². The molecule has 0 radical (unpaired) electrons. The van der Waals surface area contributed by atoms with Crippen molar-refractivity contribution in [2.75, 3.05) is 5.32 Å². The second kappa shape index (κ2) is 7.19. The van der Waals surface area contributed by atoms with Gasteiger partial charge in [-0.1, -0.05) is 31.0 Å². The highest BCUT2D eigenvalue weighted by Gasteiger charge is 2.36. The lowest BCUT2D eigenvalue weighted by Gasteiger charge is -2.43. The van der Waals surface area contributed by atoms with E-state index in [2.05, 4.69) is 57.1 Å². The first-order chi connectivity index (χ1) is 13.8. The van der Waals surface area contributed by atoms with Crippen molar-refractivity contribution in [2.24, 2.45) is 4.99 Å². The maximum Gasteiger partial charge on any atom is 0.202 e. The molecular formula is C22H26N6. The number of hydrogen-bond donors (Lipinski definition) is 3. The zero-order valence-corrected chi connectivity index (χ0v) is 16.2. The summed E-state index contributed by atoms with van der Waals surface area (Å²) in [7, 11) is 0. The third-order valence-electron chi connectivity index (χ3n) is 5.94. The second-order valence-electron chi connectivity index (χ2n) is 7.79. The summed E-state index contributed by atoms with van der Waals surface area (Å²) in [5.74, 6) is 0.817. The highest BCUT2D eigenvalue weighted by Crippen LogP contribution is 2.38. The Morgan fingerprint density at radius 2 is 1.93 bits per heavy atom. The van der Waals surface area contributed by atoms with Crippen LogP contribution in [-0.4, -0.2) is 33.3 Å². The van der Waals surface area contributed by atoms with Gasteiger partial charge in [-0.15, -0.1) is 0 Å². The van der Waals surface area contributed by atoms with Crippen LogP contribution in [0, 0.1) is 0 Å². The number of benzene rings is 1. The van der Waals surface area contributed by atoms with E-state index in [1.54, 1.807) is 0 Å². The van der Waals surface area contributed by atoms with E-state index in [1.807, 2.05) is 24.4 Å². The van der Waals surface area contributed by atoms with Crippen LogP contribution in [0.25, 0.3) is 5.57 Å². The number of H-pyrrole nitrogens is 1. The number of rotatable bonds is 3. The van der Waals surface area contributed by atoms with Crippen molar-refractivity contribution < 1.29 is 0 Å². The van der Waals surface area contributed by atoms with Crippen molar-refractivity contribution in [3.05, 3.63) is 65.8 Å². The normalized spacial score (nSPS) is 22.5. The Balaban J connectivity index is 1.49. The predicted octanol–water partition coefficient (Wildman–Crippen LogP) is 4.07. The molecule has 1 aliphatic carbocycles. The minimum absolute atomic E-state index is 0.148. The van der Waals surface area contributed by atoms with Gasteiger partial charge in [0, 0.05) is 36.2 Å². The minimum Gasteiger partial charge on any atom is -0.351 e. The van der Waals surface area contributed by atoms with Gasteiger partial charge in [-0.3, -0.25) is 5.10 Å². The summed E-state index contributed by atoms with van der Waals surface area (Å²) in [5, 5.41) is 14.5. The third kappa shape index (κ3) is 3.19. The summed E-state index contributed by atoms with van der Waals surface area (Å²) >= 11 is 0. The number of allylic oxidation sites excluding steroid dienone is 2. The maximum atomic E-state index is 4.83. The number of anilines is 1. The summed E-state index contributed by atoms with van der Waals surface area (Å²) in [6.45, 7) is 2.12. The molecule has 2 aliphatic heterocycles. The summed E-state index contributed by atoms with van der Waals surface area (Å²) < 4.78 is 0. The Hall–Kier alpha value is -3.02. The van der Waals surface area contributed by atoms with Gasteiger partial charge in [-0.25, -0.2) is 4.99 Å². The molecule has 6 nitrogen and oxygen atoms in total. The molecule has 0 saturated heterocycles. The molecule has 2 aromatic rings. The highest BCUT2D eigenvalue weighted by molar-refractivity contribution is 5.95. The van der Waals surface area contributed by atoms with Crippen molar-refractivity contribution >= 4 is 17.2 Å². The maximum absolute atomic E-state index is 4.83. The van der Waals surface area contributed by atoms with E-state index in [-0.39, 0.29) is 6.17 Å². The molecule has 5 rings (SSSR count). The molecule has 3 heterocycles. The van der Waals surface area contributed by atoms with Crippen LogP contribution < -0.4 is 10.6 Å². The van der Waals surface area contributed by atoms with Crippen LogP contribution in [0.4, 0.5) is 5.69 Å². The molecule has 3 aliphatic rings. The Morgan fingerprint density at radius 1 is 1.11 bits per heavy atom. The molecular weight excluding hydrogens is 348 g/mol. The average Bonchev–Trinajstić information content (AvgIpc) is 3.43. The molecule has 1 unspecified atom stereocenters. The highest BCUT2D eigenvalue weighted by atomic mass is 15.4. The van der Waals surface area contributed by atoms with Gasteiger partial charge in [0.2, 0.25) is 5.96 Å². The lowest BCUT2D eigenvalue weighted by Crippen LogP contribution is -2.55. The van der Waals surface area contributed by atoms with Gasteiger partial charge < -0.3 is 15.5 Å². The monoisotopic (exact) mass is 374 g/mol. The van der Waals surface area contributed by atoms with E-state index in [0.717, 1.165) is 29.5 Å². The zero-order chi connectivity index (χ0) is 18.9. The van der Waals surface area contributed by atoms with Crippen LogP contribution >= 0.6 is 0 Å². The number of nitrogens with one attached hydrogen (secondary N) is 3. The van der Waals surface area contributed by atoms with Crippen LogP contribution in [0.1, 0.15) is 44.7 Å². The van der Waals surface area contributed by atoms with Gasteiger partial charge in [0.15, 0.2) is 0 Å². The topological polar surface area (TPSA) is 68.3 Å². The zero-order valence-electron chi connectivity index (χ0n) is 16.2. The molecule has 0 amide bonds. The summed E-state index contributed by atoms with van der Waals surface area (Å²) in [5.41, 5.74) is 5.76. The SMILES string of the molecule is CC1=C2CC(c3cc[nH]n3)=CN(C3CCCC3)C2NC(Nc2ccccc2)=N1. The number of aromatic amines is 1. The lowest BCUT2D eigenvalue weighted by atomic mass is 9.93. The van der Waals surface area contributed by atoms with E-state index in [9.17, 15) is 0 Å². The first-order valence-corrected chi connectivity index (χ1v) is 10.1. The number of aliphatic imine (C=N–C) groups is 1. The molecule has 1 atom stereocenters. The summed E-state index contributed by atoms with van der Waals surface area (Å²) in [6.07, 6.45) is 10.3. The average molecular weight is 374 g/mol. The van der Waals surface area contributed by atoms with Gasteiger partial charge in [-0.05, 0) is 49.1 Å². The standard InChI is InChI=1S/C22H26N6/c1-15-19-13-16(20-11-12-23-27-20)14-28(18-9-5-6-10-18)21(19)26-22(24-15)25-17-7-3-2-4-8-17/h2-4,7-8,11-12,14,18,21H,5-6,9-10,13H2,1H3,(H,23,27)(H2,24,25,26). The van der Waals surface area contributed by atoms with Crippen molar-refractivity contribution in [1.82, 2.24) is 20.4 Å². The van der Waals surface area contributed by atoms with Gasteiger partial charge in [0.1, 0.15) is 6.17 Å². The van der Waals surface area contributed by atoms with Crippen LogP contribution in [0.15, 0.2) is 65.1 Å². The number of guanidine groups is 1. The molecule has 144 valence electrons. The molecule has 0 spiro atoms. The van der Waals surface area contributed by atoms with E-state index >= 15 is 0 Å². The van der Waals surface area contributed by atoms with Gasteiger partial charge in [-0.2, -0.15) is 5.10 Å². The molecule has 1 saturated carbocycles. The number of para-hydroxylation sites is 1. The first kappa shape index (κ1) is 17.1. The fourth-order valence-corrected chi connectivity index (χ4v) is 4.51. The molecule has 1 aromatic carbocycles. The molecule has 3 N–H and O–H groups in total. The lowest BCUT2D eigenvalue weighted by molar-refractivity contribution is 0.207. The van der Waals surface area contributed by atoms with Gasteiger partial charge in [0.25, 0.3) is 0 Å². The Bertz CT molecular complexity index is 919. The first-order valence-electron chi connectivity index (χ1n) is 10.1. The molecule has 6 heteroatoms. The van der Waals surface area contributed by atoms with E-state index < -0.39 is 0 Å². The van der Waals surface area contributed by atoms with E-state index in [0.29, 0.717) is 6.04 Å². The van der Waals surface area contributed by atoms with Crippen molar-refractivity contribution in [3.8, 4) is 0 Å². The minimum atomic E-state index is 0.148. The molecule has 1 aromatic heterocycles. The van der Waals surface area contributed by atoms with Crippen LogP contribution in [0.2, 0.25) is 0 Å². The van der Waals surface area contributed by atoms with E-state index in [1.165, 1.54) is 36.8 Å². The van der Waals surface area contributed by atoms with Crippen molar-refractivity contribution in [1.29, 1.82) is 0 Å². The number of hydrogen-bond acceptors (Lipinski definition) is 5. The summed E-state index contributed by atoms with van der Waals surface area (Å²) in [4.78, 5) is 7.35. The van der Waals surface area contributed by atoms with Crippen molar-refractivity contribution in [3.63, 3.8) is 0 Å². The van der Waals surface area contributed by atoms with Gasteiger partial charge >= 0.3 is 0 Å². The fourth-order valence-electron chi connectivity index (χ4n) is 4.51. The third-order valence-corrected chi connectivity index (χ3v) is 5.94. The number of fused-ring (bicyclic) bond motifs is 1. The Morgan fingerprint density at radius 3 is 2.68 bits per heavy atom.